The molecule has 0 aromatic heterocycles. The summed E-state index contributed by atoms with van der Waals surface area (Å²) >= 11 is 0. The summed E-state index contributed by atoms with van der Waals surface area (Å²) in [6.07, 6.45) is 7.97. The molecule has 0 saturated heterocycles. The van der Waals surface area contributed by atoms with Gasteiger partial charge in [0.25, 0.3) is 0 Å². The Morgan fingerprint density at radius 3 is 3.08 bits per heavy atom. The van der Waals surface area contributed by atoms with Gasteiger partial charge in [-0.05, 0) is 31.8 Å². The normalized spacial score (nSPS) is 27.4. The Kier molecular flexibility index (Phi) is 3.70. The van der Waals surface area contributed by atoms with E-state index in [2.05, 4.69) is 26.0 Å². The number of methoxy groups -OCH3 is 1. The van der Waals surface area contributed by atoms with Gasteiger partial charge in [-0.25, -0.2) is 0 Å². The van der Waals surface area contributed by atoms with Crippen molar-refractivity contribution in [2.24, 2.45) is 0 Å². The Morgan fingerprint density at radius 2 is 2.46 bits per heavy atom. The first kappa shape index (κ1) is 10.5. The van der Waals surface area contributed by atoms with E-state index in [0.717, 1.165) is 12.8 Å². The number of hydrogen-bond donors (Lipinski definition) is 0. The first-order chi connectivity index (χ1) is 6.23. The molecule has 1 radical (unpaired) electrons. The zero-order valence-electron chi connectivity index (χ0n) is 8.38. The minimum atomic E-state index is -0.176. The van der Waals surface area contributed by atoms with Crippen LogP contribution >= 0.6 is 0 Å². The van der Waals surface area contributed by atoms with Gasteiger partial charge in [0.2, 0.25) is 0 Å². The first-order valence-electron chi connectivity index (χ1n) is 4.49. The third-order valence-corrected chi connectivity index (χ3v) is 2.37. The SMILES string of the molecule is C=CCC1=C[CH]CC1(C)OCOC. The predicted molar refractivity (Wildman–Crippen MR) is 53.2 cm³/mol. The molecule has 0 spiro atoms. The van der Waals surface area contributed by atoms with Crippen molar-refractivity contribution in [2.45, 2.75) is 25.4 Å². The van der Waals surface area contributed by atoms with Gasteiger partial charge in [-0.15, -0.1) is 6.58 Å². The molecular formula is C11H17O2. The highest BCUT2D eigenvalue weighted by atomic mass is 16.7. The Labute approximate surface area is 80.2 Å². The highest BCUT2D eigenvalue weighted by molar-refractivity contribution is 5.29. The van der Waals surface area contributed by atoms with Crippen LogP contribution in [0.2, 0.25) is 0 Å². The summed E-state index contributed by atoms with van der Waals surface area (Å²) in [5.74, 6) is 0. The molecule has 1 aliphatic carbocycles. The van der Waals surface area contributed by atoms with Crippen LogP contribution < -0.4 is 0 Å². The Hall–Kier alpha value is -0.600. The van der Waals surface area contributed by atoms with Gasteiger partial charge in [0.05, 0.1) is 5.60 Å². The molecule has 2 nitrogen and oxygen atoms in total. The number of hydrogen-bond acceptors (Lipinski definition) is 2. The van der Waals surface area contributed by atoms with Crippen molar-refractivity contribution in [1.29, 1.82) is 0 Å². The molecule has 1 unspecified atom stereocenters. The van der Waals surface area contributed by atoms with Crippen LogP contribution in [0.5, 0.6) is 0 Å². The van der Waals surface area contributed by atoms with E-state index in [1.807, 2.05) is 6.08 Å². The average Bonchev–Trinajstić information content (AvgIpc) is 2.46. The Bertz CT molecular complexity index is 208. The molecule has 1 atom stereocenters. The van der Waals surface area contributed by atoms with E-state index in [1.165, 1.54) is 5.57 Å². The molecule has 0 fully saturated rings. The van der Waals surface area contributed by atoms with Crippen LogP contribution in [-0.2, 0) is 9.47 Å². The molecule has 0 N–H and O–H groups in total. The maximum absolute atomic E-state index is 5.64. The van der Waals surface area contributed by atoms with Crippen LogP contribution in [0.15, 0.2) is 24.3 Å². The van der Waals surface area contributed by atoms with Crippen LogP contribution in [0, 0.1) is 6.42 Å². The van der Waals surface area contributed by atoms with Gasteiger partial charge < -0.3 is 9.47 Å². The lowest BCUT2D eigenvalue weighted by Crippen LogP contribution is -2.29. The number of ether oxygens (including phenoxy) is 2. The minimum Gasteiger partial charge on any atom is -0.359 e. The number of rotatable bonds is 5. The van der Waals surface area contributed by atoms with Crippen molar-refractivity contribution in [3.8, 4) is 0 Å². The van der Waals surface area contributed by atoms with E-state index < -0.39 is 0 Å². The molecule has 73 valence electrons. The fourth-order valence-corrected chi connectivity index (χ4v) is 1.51. The summed E-state index contributed by atoms with van der Waals surface area (Å²) in [7, 11) is 1.64. The molecule has 0 bridgehead atoms. The largest absolute Gasteiger partial charge is 0.359 e. The molecule has 0 aromatic rings. The summed E-state index contributed by atoms with van der Waals surface area (Å²) in [5, 5.41) is 0. The third-order valence-electron chi connectivity index (χ3n) is 2.37. The summed E-state index contributed by atoms with van der Waals surface area (Å²) in [4.78, 5) is 0. The standard InChI is InChI=1S/C11H17O2/c1-4-6-10-7-5-8-11(10,2)13-9-12-3/h4-5,7H,1,6,8-9H2,2-3H3. The van der Waals surface area contributed by atoms with Crippen molar-refractivity contribution < 1.29 is 9.47 Å². The second-order valence-electron chi connectivity index (χ2n) is 3.41. The second kappa shape index (κ2) is 4.58. The lowest BCUT2D eigenvalue weighted by Gasteiger charge is -2.27. The minimum absolute atomic E-state index is 0.176. The van der Waals surface area contributed by atoms with Crippen molar-refractivity contribution in [1.82, 2.24) is 0 Å². The third kappa shape index (κ3) is 2.42. The van der Waals surface area contributed by atoms with Crippen molar-refractivity contribution >= 4 is 0 Å². The van der Waals surface area contributed by atoms with Gasteiger partial charge in [0.15, 0.2) is 0 Å². The van der Waals surface area contributed by atoms with E-state index >= 15 is 0 Å². The van der Waals surface area contributed by atoms with Gasteiger partial charge in [0.1, 0.15) is 6.79 Å². The molecule has 0 aliphatic heterocycles. The smallest absolute Gasteiger partial charge is 0.147 e. The maximum Gasteiger partial charge on any atom is 0.147 e. The van der Waals surface area contributed by atoms with Crippen LogP contribution in [0.1, 0.15) is 19.8 Å². The highest BCUT2D eigenvalue weighted by Gasteiger charge is 2.32. The first-order valence-corrected chi connectivity index (χ1v) is 4.49. The van der Waals surface area contributed by atoms with Crippen molar-refractivity contribution in [2.75, 3.05) is 13.9 Å². The van der Waals surface area contributed by atoms with Crippen molar-refractivity contribution in [3.63, 3.8) is 0 Å². The average molecular weight is 181 g/mol. The van der Waals surface area contributed by atoms with E-state index in [0.29, 0.717) is 6.79 Å². The van der Waals surface area contributed by atoms with Gasteiger partial charge in [-0.1, -0.05) is 12.2 Å². The van der Waals surface area contributed by atoms with E-state index in [4.69, 9.17) is 9.47 Å². The topological polar surface area (TPSA) is 18.5 Å². The van der Waals surface area contributed by atoms with Crippen LogP contribution in [0.4, 0.5) is 0 Å². The summed E-state index contributed by atoms with van der Waals surface area (Å²) in [5.41, 5.74) is 1.10. The molecule has 0 aromatic carbocycles. The molecule has 1 rings (SSSR count). The molecule has 0 saturated carbocycles. The van der Waals surface area contributed by atoms with Gasteiger partial charge in [0, 0.05) is 7.11 Å². The Balaban J connectivity index is 2.55. The molecular weight excluding hydrogens is 164 g/mol. The predicted octanol–water partition coefficient (Wildman–Crippen LogP) is 2.48. The monoisotopic (exact) mass is 181 g/mol. The highest BCUT2D eigenvalue weighted by Crippen LogP contribution is 2.35. The zero-order valence-corrected chi connectivity index (χ0v) is 8.38. The van der Waals surface area contributed by atoms with Crippen LogP contribution in [0.25, 0.3) is 0 Å². The van der Waals surface area contributed by atoms with Gasteiger partial charge >= 0.3 is 0 Å². The summed E-state index contributed by atoms with van der Waals surface area (Å²) in [6, 6.07) is 0. The lowest BCUT2D eigenvalue weighted by atomic mass is 9.95. The van der Waals surface area contributed by atoms with Gasteiger partial charge in [-0.3, -0.25) is 0 Å². The second-order valence-corrected chi connectivity index (χ2v) is 3.41. The van der Waals surface area contributed by atoms with E-state index in [1.54, 1.807) is 7.11 Å². The van der Waals surface area contributed by atoms with E-state index in [-0.39, 0.29) is 5.60 Å². The molecule has 1 aliphatic rings. The molecule has 0 amide bonds. The van der Waals surface area contributed by atoms with Gasteiger partial charge in [-0.2, -0.15) is 0 Å². The molecule has 0 heterocycles. The van der Waals surface area contributed by atoms with E-state index in [9.17, 15) is 0 Å². The zero-order chi connectivity index (χ0) is 9.73. The summed E-state index contributed by atoms with van der Waals surface area (Å²) in [6.45, 7) is 6.16. The number of allylic oxidation sites excluding steroid dienone is 2. The lowest BCUT2D eigenvalue weighted by molar-refractivity contribution is -0.103. The Morgan fingerprint density at radius 1 is 1.69 bits per heavy atom. The fourth-order valence-electron chi connectivity index (χ4n) is 1.51. The quantitative estimate of drug-likeness (QED) is 0.479. The van der Waals surface area contributed by atoms with Crippen molar-refractivity contribution in [3.05, 3.63) is 30.7 Å². The van der Waals surface area contributed by atoms with Crippen LogP contribution in [0.3, 0.4) is 0 Å². The van der Waals surface area contributed by atoms with Crippen LogP contribution in [-0.4, -0.2) is 19.5 Å². The maximum atomic E-state index is 5.64. The molecule has 13 heavy (non-hydrogen) atoms. The molecule has 2 heteroatoms. The summed E-state index contributed by atoms with van der Waals surface area (Å²) < 4.78 is 10.5. The fraction of sp³-hybridized carbons (Fsp3) is 0.545.